The molecule has 0 atom stereocenters. The van der Waals surface area contributed by atoms with Crippen LogP contribution in [-0.4, -0.2) is 6.04 Å². The molecule has 0 aromatic heterocycles. The lowest BCUT2D eigenvalue weighted by molar-refractivity contribution is -0.124. The molecule has 0 aliphatic heterocycles. The van der Waals surface area contributed by atoms with Crippen molar-refractivity contribution in [3.63, 3.8) is 0 Å². The Morgan fingerprint density at radius 3 is 1.88 bits per heavy atom. The maximum Gasteiger partial charge on any atom is 0.345 e. The highest BCUT2D eigenvalue weighted by Crippen LogP contribution is 2.22. The average Bonchev–Trinajstić information content (AvgIpc) is 1.64. The summed E-state index contributed by atoms with van der Waals surface area (Å²) in [7, 11) is 0. The van der Waals surface area contributed by atoms with Gasteiger partial charge in [0.05, 0.1) is 3.39 Å². The lowest BCUT2D eigenvalue weighted by Gasteiger charge is -1.83. The number of rotatable bonds is 1. The van der Waals surface area contributed by atoms with Crippen LogP contribution in [0.25, 0.3) is 0 Å². The largest absolute Gasteiger partial charge is 0.345 e. The van der Waals surface area contributed by atoms with Gasteiger partial charge >= 0.3 is 6.04 Å². The second-order valence-corrected chi connectivity index (χ2v) is 3.88. The van der Waals surface area contributed by atoms with Crippen molar-refractivity contribution in [2.45, 2.75) is 0 Å². The standard InChI is InChI=1S/C3Br2ClFO/c4-2(5)1(6)3(7)8. The number of halogens is 4. The van der Waals surface area contributed by atoms with E-state index >= 15 is 0 Å². The molecular formula is C3Br2ClFO. The molecule has 0 amide bonds. The fraction of sp³-hybridized carbons (Fsp3) is 0. The molecule has 46 valence electrons. The van der Waals surface area contributed by atoms with Crippen molar-refractivity contribution in [1.82, 2.24) is 0 Å². The van der Waals surface area contributed by atoms with Crippen LogP contribution in [0, 0.1) is 0 Å². The van der Waals surface area contributed by atoms with E-state index in [0.717, 1.165) is 0 Å². The van der Waals surface area contributed by atoms with Gasteiger partial charge in [-0.25, -0.2) is 0 Å². The molecule has 8 heavy (non-hydrogen) atoms. The van der Waals surface area contributed by atoms with Crippen LogP contribution in [0.4, 0.5) is 4.39 Å². The van der Waals surface area contributed by atoms with Crippen molar-refractivity contribution in [2.75, 3.05) is 0 Å². The van der Waals surface area contributed by atoms with Gasteiger partial charge in [0.15, 0.2) is 0 Å². The highest BCUT2D eigenvalue weighted by atomic mass is 79.9. The molecular weight excluding hydrogens is 266 g/mol. The van der Waals surface area contributed by atoms with Gasteiger partial charge in [0, 0.05) is 0 Å². The van der Waals surface area contributed by atoms with Gasteiger partial charge in [-0.3, -0.25) is 4.79 Å². The summed E-state index contributed by atoms with van der Waals surface area (Å²) >= 11 is 10.5. The minimum atomic E-state index is -1.66. The van der Waals surface area contributed by atoms with E-state index in [-0.39, 0.29) is 3.39 Å². The van der Waals surface area contributed by atoms with E-state index in [1.54, 1.807) is 0 Å². The molecule has 0 aromatic carbocycles. The zero-order valence-corrected chi connectivity index (χ0v) is 7.35. The third kappa shape index (κ3) is 2.79. The minimum absolute atomic E-state index is 0.124. The van der Waals surface area contributed by atoms with Crippen LogP contribution in [0.5, 0.6) is 0 Å². The zero-order valence-electron chi connectivity index (χ0n) is 3.42. The first-order valence-electron chi connectivity index (χ1n) is 1.46. The van der Waals surface area contributed by atoms with Gasteiger partial charge in [0.25, 0.3) is 0 Å². The summed E-state index contributed by atoms with van der Waals surface area (Å²) in [6, 6.07) is -1.66. The zero-order chi connectivity index (χ0) is 6.73. The molecule has 0 saturated heterocycles. The summed E-state index contributed by atoms with van der Waals surface area (Å²) in [5.74, 6) is 0. The third-order valence-corrected chi connectivity index (χ3v) is 1.93. The van der Waals surface area contributed by atoms with Crippen LogP contribution in [0.2, 0.25) is 0 Å². The molecule has 0 unspecified atom stereocenters. The summed E-state index contributed by atoms with van der Waals surface area (Å²) in [4.78, 5) is 9.67. The first-order chi connectivity index (χ1) is 3.55. The van der Waals surface area contributed by atoms with E-state index in [0.29, 0.717) is 0 Å². The molecule has 0 bridgehead atoms. The molecule has 0 aromatic rings. The molecule has 0 radical (unpaired) electrons. The minimum Gasteiger partial charge on any atom is -0.254 e. The number of hydrogen-bond donors (Lipinski definition) is 0. The number of hydrogen-bond acceptors (Lipinski definition) is 1. The monoisotopic (exact) mass is 264 g/mol. The number of carbonyl (C=O) groups is 1. The molecule has 0 spiro atoms. The van der Waals surface area contributed by atoms with Crippen LogP contribution in [0.15, 0.2) is 8.42 Å². The van der Waals surface area contributed by atoms with Gasteiger partial charge in [0.2, 0.25) is 0 Å². The number of allylic oxidation sites excluding steroid dienone is 1. The van der Waals surface area contributed by atoms with Crippen molar-refractivity contribution < 1.29 is 9.18 Å². The predicted molar refractivity (Wildman–Crippen MR) is 36.8 cm³/mol. The van der Waals surface area contributed by atoms with Gasteiger partial charge in [-0.1, -0.05) is 11.6 Å². The highest BCUT2D eigenvalue weighted by molar-refractivity contribution is 9.28. The molecule has 5 heteroatoms. The summed E-state index contributed by atoms with van der Waals surface area (Å²) in [6.07, 6.45) is 0. The highest BCUT2D eigenvalue weighted by Gasteiger charge is 2.06. The van der Waals surface area contributed by atoms with E-state index in [9.17, 15) is 9.18 Å². The van der Waals surface area contributed by atoms with Crippen LogP contribution >= 0.6 is 43.5 Å². The van der Waals surface area contributed by atoms with E-state index in [1.165, 1.54) is 0 Å². The van der Waals surface area contributed by atoms with Crippen molar-refractivity contribution in [1.29, 1.82) is 0 Å². The molecule has 0 N–H and O–H groups in total. The Hall–Kier alpha value is 0.590. The molecule has 0 aliphatic carbocycles. The molecule has 0 saturated carbocycles. The topological polar surface area (TPSA) is 17.1 Å². The summed E-state index contributed by atoms with van der Waals surface area (Å²) in [6.45, 7) is 0. The fourth-order valence-corrected chi connectivity index (χ4v) is 0.386. The van der Waals surface area contributed by atoms with Gasteiger partial charge < -0.3 is 0 Å². The molecule has 0 heterocycles. The SMILES string of the molecule is O=C(F)C(Cl)=C(Br)Br. The van der Waals surface area contributed by atoms with Crippen LogP contribution in [0.1, 0.15) is 0 Å². The Labute approximate surface area is 67.1 Å². The molecule has 1 nitrogen and oxygen atoms in total. The second-order valence-electron chi connectivity index (χ2n) is 0.848. The Morgan fingerprint density at radius 1 is 1.50 bits per heavy atom. The normalized spacial score (nSPS) is 8.50. The predicted octanol–water partition coefficient (Wildman–Crippen LogP) is 2.68. The van der Waals surface area contributed by atoms with E-state index < -0.39 is 11.1 Å². The van der Waals surface area contributed by atoms with Crippen LogP contribution in [0.3, 0.4) is 0 Å². The van der Waals surface area contributed by atoms with Crippen LogP contribution < -0.4 is 0 Å². The van der Waals surface area contributed by atoms with E-state index in [2.05, 4.69) is 31.9 Å². The van der Waals surface area contributed by atoms with E-state index in [1.807, 2.05) is 0 Å². The Morgan fingerprint density at radius 2 is 1.88 bits per heavy atom. The Bertz CT molecular complexity index is 140. The summed E-state index contributed by atoms with van der Waals surface area (Å²) < 4.78 is 11.6. The van der Waals surface area contributed by atoms with Gasteiger partial charge in [-0.05, 0) is 31.9 Å². The van der Waals surface area contributed by atoms with Crippen molar-refractivity contribution in [3.05, 3.63) is 8.42 Å². The van der Waals surface area contributed by atoms with Crippen molar-refractivity contribution in [2.24, 2.45) is 0 Å². The lowest BCUT2D eigenvalue weighted by Crippen LogP contribution is -1.84. The maximum atomic E-state index is 11.5. The number of carbonyl (C=O) groups excluding carboxylic acids is 1. The molecule has 0 rings (SSSR count). The molecule has 0 aliphatic rings. The summed E-state index contributed by atoms with van der Waals surface area (Å²) in [5.41, 5.74) is 0. The van der Waals surface area contributed by atoms with Crippen molar-refractivity contribution >= 4 is 49.5 Å². The Balaban J connectivity index is 4.23. The third-order valence-electron chi connectivity index (χ3n) is 0.338. The van der Waals surface area contributed by atoms with Gasteiger partial charge in [-0.15, -0.1) is 0 Å². The van der Waals surface area contributed by atoms with Crippen LogP contribution in [-0.2, 0) is 4.79 Å². The average molecular weight is 266 g/mol. The first-order valence-corrected chi connectivity index (χ1v) is 3.42. The molecule has 0 fully saturated rings. The fourth-order valence-electron chi connectivity index (χ4n) is 0.0743. The second kappa shape index (κ2) is 3.58. The lowest BCUT2D eigenvalue weighted by atomic mass is 10.7. The first kappa shape index (κ1) is 8.59. The van der Waals surface area contributed by atoms with Gasteiger partial charge in [-0.2, -0.15) is 4.39 Å². The summed E-state index contributed by atoms with van der Waals surface area (Å²) in [5, 5.41) is -0.481. The Kier molecular flexibility index (Phi) is 3.85. The quantitative estimate of drug-likeness (QED) is 0.527. The van der Waals surface area contributed by atoms with Crippen molar-refractivity contribution in [3.8, 4) is 0 Å². The maximum absolute atomic E-state index is 11.5. The van der Waals surface area contributed by atoms with E-state index in [4.69, 9.17) is 11.6 Å². The smallest absolute Gasteiger partial charge is 0.254 e. The van der Waals surface area contributed by atoms with Gasteiger partial charge in [0.1, 0.15) is 5.03 Å².